The van der Waals surface area contributed by atoms with Crippen LogP contribution in [0.4, 0.5) is 17.1 Å². The van der Waals surface area contributed by atoms with Crippen LogP contribution in [0.15, 0.2) is 60.7 Å². The van der Waals surface area contributed by atoms with Crippen LogP contribution in [0.1, 0.15) is 95.1 Å². The van der Waals surface area contributed by atoms with Crippen LogP contribution >= 0.6 is 0 Å². The number of ether oxygens (including phenoxy) is 3. The number of terminal acetylenes is 1. The first-order valence-corrected chi connectivity index (χ1v) is 20.8. The van der Waals surface area contributed by atoms with E-state index in [1.165, 1.54) is 36.1 Å². The number of unbranched alkanes of at least 4 members (excludes halogenated alkanes) is 2. The van der Waals surface area contributed by atoms with Gasteiger partial charge in [0.25, 0.3) is 0 Å². The van der Waals surface area contributed by atoms with Crippen LogP contribution in [0, 0.1) is 12.8 Å². The molecule has 0 saturated carbocycles. The summed E-state index contributed by atoms with van der Waals surface area (Å²) < 4.78 is 14.3. The van der Waals surface area contributed by atoms with Crippen LogP contribution in [0.3, 0.4) is 0 Å². The number of phenolic OH excluding ortho intramolecular Hbond substituents is 1. The van der Waals surface area contributed by atoms with Crippen LogP contribution in [-0.2, 0) is 46.5 Å². The third kappa shape index (κ3) is 25.3. The Labute approximate surface area is 376 Å². The highest BCUT2D eigenvalue weighted by atomic mass is 16.5. The number of aromatic hydroxyl groups is 1. The van der Waals surface area contributed by atoms with Gasteiger partial charge < -0.3 is 49.9 Å². The molecule has 2 unspecified atom stereocenters. The van der Waals surface area contributed by atoms with E-state index in [1.807, 2.05) is 52.1 Å². The maximum Gasteiger partial charge on any atom is 0.246 e. The molecule has 0 saturated heterocycles. The number of anilines is 3. The fraction of sp³-hybridized carbons (Fsp3) is 0.458. The smallest absolute Gasteiger partial charge is 0.246 e. The Hall–Kier alpha value is -6.24. The van der Waals surface area contributed by atoms with Crippen LogP contribution in [0.5, 0.6) is 11.5 Å². The van der Waals surface area contributed by atoms with Gasteiger partial charge in [-0.1, -0.05) is 64.4 Å². The van der Waals surface area contributed by atoms with Crippen LogP contribution < -0.4 is 30.5 Å². The van der Waals surface area contributed by atoms with Crippen LogP contribution in [-0.4, -0.2) is 103 Å². The van der Waals surface area contributed by atoms with E-state index >= 15 is 0 Å². The highest BCUT2D eigenvalue weighted by Crippen LogP contribution is 2.35. The molecule has 0 spiro atoms. The summed E-state index contributed by atoms with van der Waals surface area (Å²) in [5, 5.41) is 17.8. The van der Waals surface area contributed by atoms with Crippen LogP contribution in [0.2, 0.25) is 0 Å². The maximum absolute atomic E-state index is 11.7. The van der Waals surface area contributed by atoms with Crippen LogP contribution in [0.25, 0.3) is 0 Å². The lowest BCUT2D eigenvalue weighted by molar-refractivity contribution is -0.121. The first kappa shape index (κ1) is 61.1. The van der Waals surface area contributed by atoms with Crippen molar-refractivity contribution in [1.29, 1.82) is 0 Å². The SMILES string of the molecule is C#C.CC.CCC.CCNC(=O)CCCCC=O.COC.COCc1ccc(NC(=O)C(C)NC=O)cc1.COc1cc(C=O)c(N(C=O)CC2Cc3ccccc3N2C)cc1O. The Morgan fingerprint density at radius 2 is 1.56 bits per heavy atom. The number of aldehydes is 2. The lowest BCUT2D eigenvalue weighted by Crippen LogP contribution is -2.40. The summed E-state index contributed by atoms with van der Waals surface area (Å²) in [6.45, 7) is 13.4. The van der Waals surface area contributed by atoms with Crippen molar-refractivity contribution in [3.8, 4) is 24.3 Å². The van der Waals surface area contributed by atoms with E-state index in [9.17, 15) is 33.9 Å². The number of rotatable bonds is 18. The number of amides is 4. The lowest BCUT2D eigenvalue weighted by Gasteiger charge is -2.28. The van der Waals surface area contributed by atoms with E-state index in [2.05, 4.69) is 64.4 Å². The van der Waals surface area contributed by atoms with Gasteiger partial charge in [-0.15, -0.1) is 12.8 Å². The summed E-state index contributed by atoms with van der Waals surface area (Å²) in [7, 11) is 8.28. The summed E-state index contributed by atoms with van der Waals surface area (Å²) in [5.41, 5.74) is 4.76. The van der Waals surface area contributed by atoms with Crippen molar-refractivity contribution < 1.29 is 48.1 Å². The number of methoxy groups -OCH3 is 3. The monoisotopic (exact) mass is 880 g/mol. The Morgan fingerprint density at radius 1 is 0.952 bits per heavy atom. The average molecular weight is 880 g/mol. The number of hydrogen-bond acceptors (Lipinski definition) is 11. The van der Waals surface area contributed by atoms with Gasteiger partial charge in [0.1, 0.15) is 12.3 Å². The van der Waals surface area contributed by atoms with Gasteiger partial charge in [-0.3, -0.25) is 24.0 Å². The first-order valence-electron chi connectivity index (χ1n) is 20.8. The molecule has 4 amide bonds. The molecule has 4 rings (SSSR count). The Kier molecular flexibility index (Phi) is 38.6. The van der Waals surface area contributed by atoms with Gasteiger partial charge in [-0.05, 0) is 68.5 Å². The number of benzene rings is 3. The summed E-state index contributed by atoms with van der Waals surface area (Å²) in [4.78, 5) is 69.1. The molecule has 0 radical (unpaired) electrons. The molecule has 2 atom stereocenters. The second-order valence-corrected chi connectivity index (χ2v) is 13.2. The Bertz CT molecular complexity index is 1720. The molecule has 1 aliphatic heterocycles. The van der Waals surface area contributed by atoms with Gasteiger partial charge in [-0.25, -0.2) is 0 Å². The minimum Gasteiger partial charge on any atom is -0.504 e. The molecule has 4 N–H and O–H groups in total. The zero-order chi connectivity index (χ0) is 48.6. The Balaban J connectivity index is -0.000000823. The third-order valence-corrected chi connectivity index (χ3v) is 8.27. The Morgan fingerprint density at radius 3 is 2.05 bits per heavy atom. The molecule has 3 aromatic carbocycles. The molecule has 15 heteroatoms. The third-order valence-electron chi connectivity index (χ3n) is 8.27. The van der Waals surface area contributed by atoms with E-state index in [0.717, 1.165) is 36.8 Å². The van der Waals surface area contributed by atoms with Crippen molar-refractivity contribution in [2.75, 3.05) is 63.7 Å². The summed E-state index contributed by atoms with van der Waals surface area (Å²) in [5.74, 6) is -0.0879. The van der Waals surface area contributed by atoms with Gasteiger partial charge in [0, 0.05) is 77.3 Å². The number of hydrogen-bond donors (Lipinski definition) is 4. The molecule has 15 nitrogen and oxygen atoms in total. The van der Waals surface area contributed by atoms with Gasteiger partial charge in [0.2, 0.25) is 24.6 Å². The molecule has 350 valence electrons. The molecule has 0 aromatic heterocycles. The quantitative estimate of drug-likeness (QED) is 0.0586. The molecule has 63 heavy (non-hydrogen) atoms. The molecule has 3 aromatic rings. The van der Waals surface area contributed by atoms with Gasteiger partial charge in [0.05, 0.1) is 25.4 Å². The minimum absolute atomic E-state index is 0.0819. The second kappa shape index (κ2) is 39.9. The summed E-state index contributed by atoms with van der Waals surface area (Å²) in [6, 6.07) is 17.8. The molecule has 0 aliphatic carbocycles. The molecule has 1 aliphatic rings. The van der Waals surface area contributed by atoms with Gasteiger partial charge >= 0.3 is 0 Å². The van der Waals surface area contributed by atoms with Crippen molar-refractivity contribution in [1.82, 2.24) is 10.6 Å². The molecule has 1 heterocycles. The number of carbonyl (C=O) groups is 6. The number of fused-ring (bicyclic) bond motifs is 1. The number of nitrogens with one attached hydrogen (secondary N) is 3. The second-order valence-electron chi connectivity index (χ2n) is 13.2. The van der Waals surface area contributed by atoms with Gasteiger partial charge in [-0.2, -0.15) is 0 Å². The van der Waals surface area contributed by atoms with Crippen molar-refractivity contribution in [2.24, 2.45) is 0 Å². The number of phenols is 1. The normalized spacial score (nSPS) is 11.6. The lowest BCUT2D eigenvalue weighted by atomic mass is 10.1. The number of likely N-dealkylation sites (N-methyl/N-ethyl adjacent to an activating group) is 1. The summed E-state index contributed by atoms with van der Waals surface area (Å²) >= 11 is 0. The molecule has 0 bridgehead atoms. The van der Waals surface area contributed by atoms with Gasteiger partial charge in [0.15, 0.2) is 17.8 Å². The predicted molar refractivity (Wildman–Crippen MR) is 254 cm³/mol. The maximum atomic E-state index is 11.7. The zero-order valence-corrected chi connectivity index (χ0v) is 39.3. The highest BCUT2D eigenvalue weighted by Gasteiger charge is 2.29. The zero-order valence-electron chi connectivity index (χ0n) is 39.3. The molecular weight excluding hydrogens is 807 g/mol. The van der Waals surface area contributed by atoms with E-state index in [-0.39, 0.29) is 29.4 Å². The molecular formula is C48H73N5O10. The largest absolute Gasteiger partial charge is 0.504 e. The van der Waals surface area contributed by atoms with Crippen molar-refractivity contribution >= 4 is 54.3 Å². The van der Waals surface area contributed by atoms with Crippen molar-refractivity contribution in [3.05, 3.63) is 77.4 Å². The summed E-state index contributed by atoms with van der Waals surface area (Å²) in [6.07, 6.45) is 15.5. The number of carbonyl (C=O) groups excluding carboxylic acids is 6. The molecule has 0 fully saturated rings. The van der Waals surface area contributed by atoms with Crippen molar-refractivity contribution in [3.63, 3.8) is 0 Å². The van der Waals surface area contributed by atoms with E-state index < -0.39 is 6.04 Å². The predicted octanol–water partition coefficient (Wildman–Crippen LogP) is 6.98. The fourth-order valence-electron chi connectivity index (χ4n) is 5.38. The van der Waals surface area contributed by atoms with E-state index in [1.54, 1.807) is 40.4 Å². The van der Waals surface area contributed by atoms with E-state index in [0.29, 0.717) is 68.6 Å². The number of nitrogens with zero attached hydrogens (tertiary/aromatic N) is 2. The fourth-order valence-corrected chi connectivity index (χ4v) is 5.38. The van der Waals surface area contributed by atoms with Crippen molar-refractivity contribution in [2.45, 2.75) is 98.8 Å². The van der Waals surface area contributed by atoms with E-state index in [4.69, 9.17) is 9.47 Å². The minimum atomic E-state index is -0.550. The standard InChI is InChI=1S/C19H20N2O4.C12H16N2O3.C8H15NO2.C3H8.C2H6O.C2H6.C2H2/c1-20-15(7-13-5-3-4-6-16(13)20)10-21(12-23)17-9-18(24)19(25-2)8-14(17)11-22;1-9(13-8-15)12(16)14-11-5-3-10(4-6-11)7-17-2;1-2-9-8(11)6-4-3-5-7-10;2*1-3-2;2*1-2/h3-6,8-9,11-12,15,24H,7,10H2,1-2H3;3-6,8-9H,7H2,1-2H3,(H,13,15)(H,14,16);7H,2-6H2,1H3,(H,9,11);3H2,1-2H3;1-2H3;1-2H3;1-2H. The average Bonchev–Trinajstić information content (AvgIpc) is 3.61. The highest BCUT2D eigenvalue weighted by molar-refractivity contribution is 5.95. The first-order chi connectivity index (χ1) is 30.4. The topological polar surface area (TPSA) is 193 Å². The number of para-hydroxylation sites is 1.